The van der Waals surface area contributed by atoms with Gasteiger partial charge in [-0.3, -0.25) is 0 Å². The molecule has 0 radical (unpaired) electrons. The summed E-state index contributed by atoms with van der Waals surface area (Å²) in [5.41, 5.74) is 29.5. The molecule has 1 aliphatic heterocycles. The second-order valence-electron chi connectivity index (χ2n) is 19.2. The van der Waals surface area contributed by atoms with E-state index < -0.39 is 0 Å². The Morgan fingerprint density at radius 2 is 0.585 bits per heavy atom. The topological polar surface area (TPSA) is 25.3 Å². The first kappa shape index (κ1) is 63.2. The van der Waals surface area contributed by atoms with Crippen molar-refractivity contribution in [2.75, 3.05) is 0 Å². The predicted molar refractivity (Wildman–Crippen MR) is 289 cm³/mol. The minimum atomic E-state index is 0. The summed E-state index contributed by atoms with van der Waals surface area (Å²) < 4.78 is 1.69. The fraction of sp³-hybridized carbons (Fsp3) is 0.710. The fourth-order valence-electron chi connectivity index (χ4n) is 9.28. The number of unbranched alkanes of at least 4 members (excludes halogenated alkanes) is 16. The number of aryl methyl sites for hydroxylation is 4. The van der Waals surface area contributed by atoms with Gasteiger partial charge in [0.25, 0.3) is 0 Å². The maximum absolute atomic E-state index is 12.7. The predicted octanol–water partition coefficient (Wildman–Crippen LogP) is 20.9. The molecule has 1 heterocycles. The quantitative estimate of drug-likeness (QED) is 0.0289. The van der Waals surface area contributed by atoms with Gasteiger partial charge in [0.1, 0.15) is 0 Å². The summed E-state index contributed by atoms with van der Waals surface area (Å²) in [6, 6.07) is 10.0. The molecule has 65 heavy (non-hydrogen) atoms. The van der Waals surface area contributed by atoms with Crippen molar-refractivity contribution >= 4 is 11.4 Å². The average molecular weight is 986 g/mol. The fourth-order valence-corrected chi connectivity index (χ4v) is 9.28. The minimum absolute atomic E-state index is 0. The van der Waals surface area contributed by atoms with Crippen LogP contribution in [0.1, 0.15) is 294 Å². The molecule has 0 fully saturated rings. The number of allylic oxidation sites excluding steroid dienone is 2. The van der Waals surface area contributed by atoms with Gasteiger partial charge in [-0.2, -0.15) is 12.8 Å². The molecule has 2 aromatic carbocycles. The van der Waals surface area contributed by atoms with Crippen LogP contribution in [-0.2, 0) is 58.9 Å². The van der Waals surface area contributed by atoms with Gasteiger partial charge in [-0.1, -0.05) is 172 Å². The van der Waals surface area contributed by atoms with E-state index in [0.717, 1.165) is 88.4 Å². The molecule has 2 nitrogen and oxygen atoms in total. The van der Waals surface area contributed by atoms with E-state index in [4.69, 9.17) is 0 Å². The van der Waals surface area contributed by atoms with Crippen LogP contribution >= 0.6 is 0 Å². The molecule has 0 aromatic heterocycles. The maximum atomic E-state index is 12.7. The Balaban J connectivity index is 0.00000235. The Labute approximate surface area is 421 Å². The summed E-state index contributed by atoms with van der Waals surface area (Å²) in [4.78, 5) is 0. The summed E-state index contributed by atoms with van der Waals surface area (Å²) in [5, 5.41) is 0. The van der Waals surface area contributed by atoms with Gasteiger partial charge in [0.2, 0.25) is 11.4 Å². The third-order valence-corrected chi connectivity index (χ3v) is 13.3. The van der Waals surface area contributed by atoms with Crippen LogP contribution in [0.3, 0.4) is 0 Å². The molecular weight excluding hydrogens is 879 g/mol. The summed E-state index contributed by atoms with van der Waals surface area (Å²) in [6.45, 7) is 30.5. The van der Waals surface area contributed by atoms with Gasteiger partial charge in [-0.25, -0.2) is 4.70 Å². The van der Waals surface area contributed by atoms with Crippen LogP contribution in [0.2, 0.25) is 0 Å². The van der Waals surface area contributed by atoms with Crippen molar-refractivity contribution in [2.24, 2.45) is 0 Å². The molecule has 3 heteroatoms. The Kier molecular flexibility index (Phi) is 40.0. The van der Waals surface area contributed by atoms with E-state index in [-0.39, 0.29) is 20.4 Å². The number of hydrogen-bond acceptors (Lipinski definition) is 0. The van der Waals surface area contributed by atoms with Crippen LogP contribution in [0, 0.1) is 13.8 Å². The molecule has 2 aromatic rings. The van der Waals surface area contributed by atoms with Gasteiger partial charge >= 0.3 is 20.4 Å². The van der Waals surface area contributed by atoms with Crippen LogP contribution in [0.4, 0.5) is 0 Å². The average Bonchev–Trinajstić information content (AvgIpc) is 3.59. The molecule has 0 spiro atoms. The van der Waals surface area contributed by atoms with E-state index >= 15 is 0 Å². The molecule has 1 aliphatic rings. The third kappa shape index (κ3) is 23.4. The second kappa shape index (κ2) is 41.2. The van der Waals surface area contributed by atoms with E-state index in [0.29, 0.717) is 0 Å². The molecule has 0 saturated heterocycles. The van der Waals surface area contributed by atoms with Gasteiger partial charge in [0.15, 0.2) is 0 Å². The Morgan fingerprint density at radius 1 is 0.338 bits per heavy atom. The Hall–Kier alpha value is -1.82. The van der Waals surface area contributed by atoms with Crippen molar-refractivity contribution in [3.05, 3.63) is 99.3 Å². The molecule has 0 N–H and O–H groups in total. The van der Waals surface area contributed by atoms with Crippen molar-refractivity contribution in [3.63, 3.8) is 0 Å². The molecule has 3 rings (SSSR count). The van der Waals surface area contributed by atoms with E-state index in [1.165, 1.54) is 186 Å². The van der Waals surface area contributed by atoms with Crippen LogP contribution in [0.25, 0.3) is 16.9 Å². The summed E-state index contributed by atoms with van der Waals surface area (Å²) in [6.07, 6.45) is 41.2. The Morgan fingerprint density at radius 3 is 0.831 bits per heavy atom. The van der Waals surface area contributed by atoms with Crippen LogP contribution in [0.5, 0.6) is 0 Å². The SMILES string of the molecule is CCCCC1=C(c2cc(CCCC)c(CCCC)c(CCCC)c2)[N+](=[N-])C(c2cc(CCCC)c(CCCC)c(CCCC)c2)=C1CCCC.[CH2-]CCCCCC.[CH2-]CCCCCC.[Pd+2]. The van der Waals surface area contributed by atoms with Crippen LogP contribution < -0.4 is 0 Å². The first-order valence-electron chi connectivity index (χ1n) is 28.1. The normalized spacial score (nSPS) is 12.3. The Bertz CT molecular complexity index is 1400. The van der Waals surface area contributed by atoms with Gasteiger partial charge in [0.05, 0.1) is 0 Å². The standard InChI is InChI=1S/C48H76N2.2C7H15.Pd/c1-9-17-25-37-33-41(34-38(26-18-10-2)43(37)29-21-13-5)47-45(31-23-15-7)46(32-24-16-8)48(50(47)49)42-35-39(27-19-11-3)44(30-22-14-6)40(36-42)28-20-12-4;2*1-3-5-7-6-4-2;/h33-36H,9-32H2,1-8H3;2*1,3-7H2,2H3;/q;2*-1;+2. The summed E-state index contributed by atoms with van der Waals surface area (Å²) >= 11 is 0. The number of nitrogens with zero attached hydrogens (tertiary/aromatic N) is 2. The monoisotopic (exact) mass is 985 g/mol. The molecule has 0 aliphatic carbocycles. The van der Waals surface area contributed by atoms with Gasteiger partial charge < -0.3 is 19.4 Å². The van der Waals surface area contributed by atoms with Crippen molar-refractivity contribution in [1.82, 2.24) is 0 Å². The number of hydrogen-bond donors (Lipinski definition) is 0. The van der Waals surface area contributed by atoms with E-state index in [9.17, 15) is 5.53 Å². The molecule has 374 valence electrons. The molecule has 0 bridgehead atoms. The minimum Gasteiger partial charge on any atom is -0.493 e. The van der Waals surface area contributed by atoms with Gasteiger partial charge in [-0.15, -0.1) is 0 Å². The van der Waals surface area contributed by atoms with Crippen LogP contribution in [-0.4, -0.2) is 4.70 Å². The maximum Gasteiger partial charge on any atom is 2.00 e. The first-order chi connectivity index (χ1) is 31.3. The molecule has 0 saturated carbocycles. The zero-order valence-electron chi connectivity index (χ0n) is 45.0. The number of rotatable bonds is 34. The van der Waals surface area contributed by atoms with E-state index in [1.54, 1.807) is 15.8 Å². The second-order valence-corrected chi connectivity index (χ2v) is 19.2. The van der Waals surface area contributed by atoms with Crippen molar-refractivity contribution in [3.8, 4) is 0 Å². The van der Waals surface area contributed by atoms with Gasteiger partial charge in [0, 0.05) is 22.3 Å². The third-order valence-electron chi connectivity index (χ3n) is 13.3. The van der Waals surface area contributed by atoms with Crippen LogP contribution in [0.15, 0.2) is 35.4 Å². The first-order valence-corrected chi connectivity index (χ1v) is 28.1. The van der Waals surface area contributed by atoms with Crippen molar-refractivity contribution in [1.29, 1.82) is 0 Å². The van der Waals surface area contributed by atoms with Gasteiger partial charge in [-0.05, 0) is 160 Å². The zero-order chi connectivity index (χ0) is 47.4. The summed E-state index contributed by atoms with van der Waals surface area (Å²) in [7, 11) is 0. The van der Waals surface area contributed by atoms with E-state index in [2.05, 4.69) is 107 Å². The van der Waals surface area contributed by atoms with Crippen molar-refractivity contribution < 1.29 is 25.1 Å². The van der Waals surface area contributed by atoms with E-state index in [1.807, 2.05) is 0 Å². The zero-order valence-corrected chi connectivity index (χ0v) is 46.5. The largest absolute Gasteiger partial charge is 2.00 e. The van der Waals surface area contributed by atoms with Crippen molar-refractivity contribution in [2.45, 2.75) is 288 Å². The summed E-state index contributed by atoms with van der Waals surface area (Å²) in [5.74, 6) is 0. The molecule has 0 unspecified atom stereocenters. The number of benzene rings is 2. The smallest absolute Gasteiger partial charge is 0.493 e. The molecular formula is C62H106N2Pd. The molecule has 0 atom stereocenters. The molecule has 0 amide bonds.